The molecule has 0 heterocycles. The second-order valence-electron chi connectivity index (χ2n) is 4.66. The smallest absolute Gasteiger partial charge is 0.225 e. The Kier molecular flexibility index (Phi) is 4.17. The zero-order valence-corrected chi connectivity index (χ0v) is 11.3. The monoisotopic (exact) mass is 257 g/mol. The fraction of sp³-hybridized carbons (Fsp3) is 0.312. The molecule has 0 spiro atoms. The minimum Gasteiger partial charge on any atom is -0.373 e. The molecule has 0 aliphatic carbocycles. The predicted octanol–water partition coefficient (Wildman–Crippen LogP) is 3.31. The molecule has 0 saturated heterocycles. The Labute approximate surface area is 113 Å². The summed E-state index contributed by atoms with van der Waals surface area (Å²) in [6, 6.07) is 13.7. The van der Waals surface area contributed by atoms with Gasteiger partial charge in [0, 0.05) is 12.3 Å². The third kappa shape index (κ3) is 2.76. The highest BCUT2D eigenvalue weighted by Crippen LogP contribution is 2.28. The van der Waals surface area contributed by atoms with Crippen LogP contribution in [0.2, 0.25) is 0 Å². The molecule has 1 N–H and O–H groups in total. The van der Waals surface area contributed by atoms with Gasteiger partial charge in [-0.2, -0.15) is 0 Å². The Balaban J connectivity index is 2.53. The third-order valence-corrected chi connectivity index (χ3v) is 3.21. The van der Waals surface area contributed by atoms with Crippen molar-refractivity contribution in [1.29, 1.82) is 0 Å². The third-order valence-electron chi connectivity index (χ3n) is 3.21. The Morgan fingerprint density at radius 2 is 1.89 bits per heavy atom. The van der Waals surface area contributed by atoms with E-state index in [9.17, 15) is 9.90 Å². The van der Waals surface area contributed by atoms with E-state index in [4.69, 9.17) is 0 Å². The van der Waals surface area contributed by atoms with Crippen LogP contribution in [-0.4, -0.2) is 17.2 Å². The van der Waals surface area contributed by atoms with Gasteiger partial charge in [0.1, 0.15) is 6.23 Å². The summed E-state index contributed by atoms with van der Waals surface area (Å²) in [5.74, 6) is -0.141. The molecular weight excluding hydrogens is 238 g/mol. The van der Waals surface area contributed by atoms with Crippen LogP contribution in [-0.2, 0) is 4.79 Å². The van der Waals surface area contributed by atoms with E-state index in [1.54, 1.807) is 0 Å². The molecule has 1 atom stereocenters. The lowest BCUT2D eigenvalue weighted by atomic mass is 10.1. The average molecular weight is 257 g/mol. The molecule has 0 radical (unpaired) electrons. The van der Waals surface area contributed by atoms with E-state index in [0.717, 1.165) is 22.9 Å². The van der Waals surface area contributed by atoms with Gasteiger partial charge in [0.15, 0.2) is 0 Å². The summed E-state index contributed by atoms with van der Waals surface area (Å²) < 4.78 is 0. The fourth-order valence-corrected chi connectivity index (χ4v) is 2.35. The van der Waals surface area contributed by atoms with Crippen molar-refractivity contribution >= 4 is 22.4 Å². The maximum atomic E-state index is 11.9. The lowest BCUT2D eigenvalue weighted by Crippen LogP contribution is -2.39. The molecule has 3 heteroatoms. The van der Waals surface area contributed by atoms with Crippen LogP contribution in [0.1, 0.15) is 26.7 Å². The second-order valence-corrected chi connectivity index (χ2v) is 4.66. The van der Waals surface area contributed by atoms with Crippen molar-refractivity contribution in [2.24, 2.45) is 0 Å². The molecule has 0 bridgehead atoms. The molecule has 3 nitrogen and oxygen atoms in total. The van der Waals surface area contributed by atoms with E-state index < -0.39 is 6.23 Å². The number of benzene rings is 2. The normalized spacial score (nSPS) is 12.4. The largest absolute Gasteiger partial charge is 0.373 e. The molecule has 0 aliphatic heterocycles. The van der Waals surface area contributed by atoms with Crippen LogP contribution < -0.4 is 4.90 Å². The van der Waals surface area contributed by atoms with E-state index in [1.165, 1.54) is 11.8 Å². The number of nitrogens with zero attached hydrogens (tertiary/aromatic N) is 1. The van der Waals surface area contributed by atoms with Crippen molar-refractivity contribution in [3.63, 3.8) is 0 Å². The van der Waals surface area contributed by atoms with Gasteiger partial charge in [0.2, 0.25) is 5.91 Å². The van der Waals surface area contributed by atoms with Crippen LogP contribution in [0.4, 0.5) is 5.69 Å². The minimum absolute atomic E-state index is 0.141. The topological polar surface area (TPSA) is 40.5 Å². The maximum Gasteiger partial charge on any atom is 0.225 e. The molecule has 1 unspecified atom stereocenters. The minimum atomic E-state index is -0.770. The van der Waals surface area contributed by atoms with Gasteiger partial charge in [-0.25, -0.2) is 0 Å². The van der Waals surface area contributed by atoms with Gasteiger partial charge in [-0.1, -0.05) is 49.7 Å². The highest BCUT2D eigenvalue weighted by atomic mass is 16.3. The highest BCUT2D eigenvalue weighted by Gasteiger charge is 2.21. The number of hydrogen-bond donors (Lipinski definition) is 1. The van der Waals surface area contributed by atoms with Gasteiger partial charge in [-0.3, -0.25) is 9.69 Å². The number of aliphatic hydroxyl groups excluding tert-OH is 1. The first-order chi connectivity index (χ1) is 9.15. The van der Waals surface area contributed by atoms with Crippen molar-refractivity contribution in [2.45, 2.75) is 32.9 Å². The number of hydrogen-bond acceptors (Lipinski definition) is 2. The summed E-state index contributed by atoms with van der Waals surface area (Å²) in [6.45, 7) is 3.48. The van der Waals surface area contributed by atoms with Crippen LogP contribution in [0.5, 0.6) is 0 Å². The number of aliphatic hydroxyl groups is 1. The van der Waals surface area contributed by atoms with Crippen molar-refractivity contribution in [1.82, 2.24) is 0 Å². The number of fused-ring (bicyclic) bond motifs is 1. The molecule has 2 aromatic rings. The van der Waals surface area contributed by atoms with Crippen LogP contribution in [0.3, 0.4) is 0 Å². The van der Waals surface area contributed by atoms with Crippen molar-refractivity contribution in [3.05, 3.63) is 42.5 Å². The zero-order valence-electron chi connectivity index (χ0n) is 11.3. The molecule has 2 rings (SSSR count). The van der Waals surface area contributed by atoms with Gasteiger partial charge in [0.25, 0.3) is 0 Å². The Bertz CT molecular complexity index is 574. The molecule has 100 valence electrons. The summed E-state index contributed by atoms with van der Waals surface area (Å²) in [6.07, 6.45) is 0.631. The second kappa shape index (κ2) is 5.85. The predicted molar refractivity (Wildman–Crippen MR) is 78.0 cm³/mol. The summed E-state index contributed by atoms with van der Waals surface area (Å²) in [4.78, 5) is 13.3. The zero-order chi connectivity index (χ0) is 13.8. The SMILES string of the molecule is CCCC(O)N(C(C)=O)c1cccc2ccccc12. The molecule has 19 heavy (non-hydrogen) atoms. The van der Waals surface area contributed by atoms with E-state index >= 15 is 0 Å². The number of carbonyl (C=O) groups excluding carboxylic acids is 1. The molecule has 2 aromatic carbocycles. The van der Waals surface area contributed by atoms with Crippen molar-refractivity contribution in [2.75, 3.05) is 4.90 Å². The average Bonchev–Trinajstić information content (AvgIpc) is 2.39. The Morgan fingerprint density at radius 3 is 2.58 bits per heavy atom. The maximum absolute atomic E-state index is 11.9. The summed E-state index contributed by atoms with van der Waals surface area (Å²) in [7, 11) is 0. The van der Waals surface area contributed by atoms with Crippen LogP contribution in [0.25, 0.3) is 10.8 Å². The molecule has 0 aromatic heterocycles. The van der Waals surface area contributed by atoms with Gasteiger partial charge in [-0.05, 0) is 17.9 Å². The molecule has 0 fully saturated rings. The van der Waals surface area contributed by atoms with Crippen molar-refractivity contribution < 1.29 is 9.90 Å². The number of rotatable bonds is 4. The van der Waals surface area contributed by atoms with Crippen LogP contribution in [0, 0.1) is 0 Å². The van der Waals surface area contributed by atoms with Crippen LogP contribution >= 0.6 is 0 Å². The van der Waals surface area contributed by atoms with Gasteiger partial charge in [-0.15, -0.1) is 0 Å². The van der Waals surface area contributed by atoms with E-state index in [1.807, 2.05) is 49.4 Å². The summed E-state index contributed by atoms with van der Waals surface area (Å²) in [5.41, 5.74) is 0.770. The van der Waals surface area contributed by atoms with E-state index in [0.29, 0.717) is 6.42 Å². The van der Waals surface area contributed by atoms with Gasteiger partial charge >= 0.3 is 0 Å². The summed E-state index contributed by atoms with van der Waals surface area (Å²) >= 11 is 0. The first-order valence-electron chi connectivity index (χ1n) is 6.60. The van der Waals surface area contributed by atoms with E-state index in [2.05, 4.69) is 0 Å². The number of amides is 1. The lowest BCUT2D eigenvalue weighted by molar-refractivity contribution is -0.118. The molecular formula is C16H19NO2. The van der Waals surface area contributed by atoms with Crippen molar-refractivity contribution in [3.8, 4) is 0 Å². The lowest BCUT2D eigenvalue weighted by Gasteiger charge is -2.28. The van der Waals surface area contributed by atoms with Crippen LogP contribution in [0.15, 0.2) is 42.5 Å². The first kappa shape index (κ1) is 13.6. The quantitative estimate of drug-likeness (QED) is 0.854. The summed E-state index contributed by atoms with van der Waals surface area (Å²) in [5, 5.41) is 12.2. The number of carbonyl (C=O) groups is 1. The Hall–Kier alpha value is -1.87. The van der Waals surface area contributed by atoms with Gasteiger partial charge in [0.05, 0.1) is 5.69 Å². The molecule has 0 aliphatic rings. The standard InChI is InChI=1S/C16H19NO2/c1-3-7-16(19)17(12(2)18)15-11-6-9-13-8-4-5-10-14(13)15/h4-6,8-11,16,19H,3,7H2,1-2H3. The highest BCUT2D eigenvalue weighted by molar-refractivity contribution is 6.03. The van der Waals surface area contributed by atoms with Gasteiger partial charge < -0.3 is 5.11 Å². The molecule has 0 saturated carbocycles. The Morgan fingerprint density at radius 1 is 1.21 bits per heavy atom. The fourth-order valence-electron chi connectivity index (χ4n) is 2.35. The first-order valence-corrected chi connectivity index (χ1v) is 6.60. The van der Waals surface area contributed by atoms with E-state index in [-0.39, 0.29) is 5.91 Å². The molecule has 1 amide bonds. The number of anilines is 1.